The van der Waals surface area contributed by atoms with Gasteiger partial charge in [-0.05, 0) is 0 Å². The molecule has 2 aliphatic rings. The normalized spacial score (nSPS) is 17.1. The molecule has 2 aliphatic heterocycles. The van der Waals surface area contributed by atoms with Crippen molar-refractivity contribution in [3.8, 4) is 0 Å². The van der Waals surface area contributed by atoms with Crippen LogP contribution in [0.4, 0.5) is 21.2 Å². The number of imide groups is 2. The molecule has 1 aromatic heterocycles. The van der Waals surface area contributed by atoms with Crippen LogP contribution in [0.1, 0.15) is 4.88 Å². The Labute approximate surface area is 186 Å². The van der Waals surface area contributed by atoms with Crippen LogP contribution < -0.4 is 17.4 Å². The number of rotatable bonds is 2. The van der Waals surface area contributed by atoms with Crippen LogP contribution >= 0.6 is 11.3 Å². The second kappa shape index (κ2) is 7.40. The van der Waals surface area contributed by atoms with Crippen molar-refractivity contribution in [3.05, 3.63) is 71.1 Å². The number of para-hydroxylation sites is 2. The van der Waals surface area contributed by atoms with E-state index in [2.05, 4.69) is 46.6 Å². The molecule has 1 fully saturated rings. The van der Waals surface area contributed by atoms with E-state index in [1.807, 2.05) is 24.3 Å². The molecule has 4 amide bonds. The van der Waals surface area contributed by atoms with Crippen LogP contribution in [0.15, 0.2) is 66.2 Å². The van der Waals surface area contributed by atoms with E-state index >= 15 is 0 Å². The zero-order chi connectivity index (χ0) is 20.8. The van der Waals surface area contributed by atoms with Crippen LogP contribution in [0.3, 0.4) is 0 Å². The summed E-state index contributed by atoms with van der Waals surface area (Å²) in [6.45, 7) is 0. The van der Waals surface area contributed by atoms with Gasteiger partial charge < -0.3 is 0 Å². The van der Waals surface area contributed by atoms with Crippen molar-refractivity contribution in [2.24, 2.45) is 0 Å². The average Bonchev–Trinajstić information content (AvgIpc) is 3.21. The fourth-order valence-electron chi connectivity index (χ4n) is 3.37. The fourth-order valence-corrected chi connectivity index (χ4v) is 7.37. The molecule has 0 aliphatic carbocycles. The van der Waals surface area contributed by atoms with E-state index < -0.39 is 38.8 Å². The van der Waals surface area contributed by atoms with Gasteiger partial charge in [0.2, 0.25) is 0 Å². The standard InChI is InChI=1S/C22H15N3O3STe/c1-24-21(27)14(20(26)23-22(24)28)12-13-10-11-19(29-13)25-15-6-2-4-8-17(15)30-18-9-5-3-7-16(18)25/h2-12H,1H3,(H,23,26,28)/b14-12+. The van der Waals surface area contributed by atoms with Crippen molar-refractivity contribution in [1.29, 1.82) is 0 Å². The van der Waals surface area contributed by atoms with Crippen LogP contribution in [0, 0.1) is 0 Å². The Morgan fingerprint density at radius 1 is 0.900 bits per heavy atom. The molecule has 0 atom stereocenters. The summed E-state index contributed by atoms with van der Waals surface area (Å²) in [4.78, 5) is 40.0. The van der Waals surface area contributed by atoms with Crippen LogP contribution in [-0.2, 0) is 9.59 Å². The van der Waals surface area contributed by atoms with Crippen molar-refractivity contribution in [2.45, 2.75) is 0 Å². The number of carbonyl (C=O) groups is 3. The second-order valence-electron chi connectivity index (χ2n) is 6.73. The predicted octanol–water partition coefficient (Wildman–Crippen LogP) is 2.28. The third-order valence-corrected chi connectivity index (χ3v) is 9.10. The Bertz CT molecular complexity index is 1200. The monoisotopic (exact) mass is 531 g/mol. The SMILES string of the molecule is CN1C(=O)NC(=O)/C(=C\c2ccc(N3c4ccccc4[Te]c4ccccc43)s2)C1=O. The number of nitrogens with zero attached hydrogens (tertiary/aromatic N) is 2. The number of likely N-dealkylation sites (N-methyl/N-ethyl adjacent to an activating group) is 1. The Morgan fingerprint density at radius 2 is 1.53 bits per heavy atom. The molecule has 0 bridgehead atoms. The van der Waals surface area contributed by atoms with Crippen molar-refractivity contribution >= 4 is 79.8 Å². The third-order valence-electron chi connectivity index (χ3n) is 4.86. The molecule has 0 spiro atoms. The van der Waals surface area contributed by atoms with Gasteiger partial charge in [0.15, 0.2) is 0 Å². The number of benzene rings is 2. The molecule has 30 heavy (non-hydrogen) atoms. The van der Waals surface area contributed by atoms with E-state index in [1.165, 1.54) is 37.0 Å². The van der Waals surface area contributed by atoms with Gasteiger partial charge in [-0.2, -0.15) is 0 Å². The minimum atomic E-state index is -0.709. The topological polar surface area (TPSA) is 69.7 Å². The zero-order valence-corrected chi connectivity index (χ0v) is 18.9. The molecule has 1 N–H and O–H groups in total. The summed E-state index contributed by atoms with van der Waals surface area (Å²) >= 11 is 1.03. The first kappa shape index (κ1) is 19.1. The van der Waals surface area contributed by atoms with Gasteiger partial charge in [0.1, 0.15) is 0 Å². The van der Waals surface area contributed by atoms with Crippen molar-refractivity contribution in [3.63, 3.8) is 0 Å². The summed E-state index contributed by atoms with van der Waals surface area (Å²) in [5.74, 6) is -1.27. The van der Waals surface area contributed by atoms with Gasteiger partial charge in [0.05, 0.1) is 0 Å². The number of urea groups is 1. The number of hydrogen-bond donors (Lipinski definition) is 1. The Balaban J connectivity index is 1.56. The first-order chi connectivity index (χ1) is 14.5. The molecule has 148 valence electrons. The molecule has 0 saturated carbocycles. The first-order valence-electron chi connectivity index (χ1n) is 9.14. The number of thiophene rings is 1. The molecular formula is C22H15N3O3STe. The molecule has 2 aromatic carbocycles. The fraction of sp³-hybridized carbons (Fsp3) is 0.0455. The summed E-state index contributed by atoms with van der Waals surface area (Å²) in [6, 6.07) is 20.1. The number of amides is 4. The van der Waals surface area contributed by atoms with Gasteiger partial charge in [0, 0.05) is 0 Å². The van der Waals surface area contributed by atoms with Gasteiger partial charge >= 0.3 is 187 Å². The van der Waals surface area contributed by atoms with Gasteiger partial charge in [-0.3, -0.25) is 0 Å². The summed E-state index contributed by atoms with van der Waals surface area (Å²) in [5.41, 5.74) is 2.31. The Morgan fingerprint density at radius 3 is 2.20 bits per heavy atom. The average molecular weight is 529 g/mol. The maximum absolute atomic E-state index is 12.4. The molecule has 8 heteroatoms. The number of hydrogen-bond acceptors (Lipinski definition) is 5. The van der Waals surface area contributed by atoms with E-state index in [1.54, 1.807) is 6.08 Å². The molecule has 3 heterocycles. The number of nitrogens with one attached hydrogen (secondary N) is 1. The van der Waals surface area contributed by atoms with E-state index in [9.17, 15) is 14.4 Å². The van der Waals surface area contributed by atoms with Gasteiger partial charge in [-0.15, -0.1) is 0 Å². The Kier molecular flexibility index (Phi) is 4.70. The maximum atomic E-state index is 12.4. The number of anilines is 3. The predicted molar refractivity (Wildman–Crippen MR) is 118 cm³/mol. The number of carbonyl (C=O) groups excluding carboxylic acids is 3. The molecule has 3 aromatic rings. The first-order valence-corrected chi connectivity index (χ1v) is 12.3. The van der Waals surface area contributed by atoms with Crippen molar-refractivity contribution in [1.82, 2.24) is 10.2 Å². The number of fused-ring (bicyclic) bond motifs is 2. The molecule has 0 radical (unpaired) electrons. The van der Waals surface area contributed by atoms with Gasteiger partial charge in [-0.1, -0.05) is 0 Å². The van der Waals surface area contributed by atoms with E-state index in [0.29, 0.717) is 0 Å². The summed E-state index contributed by atoms with van der Waals surface area (Å²) in [7, 11) is 1.35. The summed E-state index contributed by atoms with van der Waals surface area (Å²) in [5, 5.41) is 3.19. The number of barbiturate groups is 1. The van der Waals surface area contributed by atoms with E-state index in [4.69, 9.17) is 0 Å². The molecule has 0 unspecified atom stereocenters. The third kappa shape index (κ3) is 3.14. The van der Waals surface area contributed by atoms with E-state index in [-0.39, 0.29) is 5.57 Å². The molecule has 6 nitrogen and oxygen atoms in total. The van der Waals surface area contributed by atoms with Gasteiger partial charge in [0.25, 0.3) is 0 Å². The van der Waals surface area contributed by atoms with Crippen LogP contribution in [0.5, 0.6) is 0 Å². The Hall–Kier alpha value is -2.92. The molecule has 1 saturated heterocycles. The molecular weight excluding hydrogens is 514 g/mol. The summed E-state index contributed by atoms with van der Waals surface area (Å²) < 4.78 is 2.74. The second-order valence-corrected chi connectivity index (χ2v) is 10.9. The zero-order valence-electron chi connectivity index (χ0n) is 15.8. The van der Waals surface area contributed by atoms with Gasteiger partial charge in [-0.25, -0.2) is 0 Å². The molecule has 5 rings (SSSR count). The summed E-state index contributed by atoms with van der Waals surface area (Å²) in [6.07, 6.45) is 1.55. The van der Waals surface area contributed by atoms with Crippen molar-refractivity contribution in [2.75, 3.05) is 11.9 Å². The van der Waals surface area contributed by atoms with Crippen molar-refractivity contribution < 1.29 is 14.4 Å². The van der Waals surface area contributed by atoms with Crippen LogP contribution in [0.25, 0.3) is 6.08 Å². The van der Waals surface area contributed by atoms with E-state index in [0.717, 1.165) is 14.8 Å². The van der Waals surface area contributed by atoms with Crippen LogP contribution in [0.2, 0.25) is 0 Å². The quantitative estimate of drug-likeness (QED) is 0.246. The van der Waals surface area contributed by atoms with Crippen LogP contribution in [-0.4, -0.2) is 50.7 Å². The minimum absolute atomic E-state index is 0.0446.